The van der Waals surface area contributed by atoms with Gasteiger partial charge in [-0.3, -0.25) is 0 Å². The van der Waals surface area contributed by atoms with Crippen LogP contribution in [0.3, 0.4) is 0 Å². The Morgan fingerprint density at radius 3 is 2.67 bits per heavy atom. The molecule has 0 saturated heterocycles. The molecule has 21 heavy (non-hydrogen) atoms. The molecular weight excluding hydrogens is 288 g/mol. The normalized spacial score (nSPS) is 16.7. The maximum absolute atomic E-state index is 12.2. The summed E-state index contributed by atoms with van der Waals surface area (Å²) >= 11 is 0. The van der Waals surface area contributed by atoms with Crippen LogP contribution in [0, 0.1) is 5.92 Å². The van der Waals surface area contributed by atoms with Crippen molar-refractivity contribution in [3.63, 3.8) is 0 Å². The lowest BCUT2D eigenvalue weighted by molar-refractivity contribution is 0.271. The summed E-state index contributed by atoms with van der Waals surface area (Å²) in [6, 6.07) is 1.54. The molecule has 2 N–H and O–H groups in total. The Morgan fingerprint density at radius 1 is 1.38 bits per heavy atom. The number of nitrogens with zero attached hydrogens (tertiary/aromatic N) is 1. The van der Waals surface area contributed by atoms with Crippen molar-refractivity contribution in [2.24, 2.45) is 5.92 Å². The molecular formula is C15H26N2O3S. The Morgan fingerprint density at radius 2 is 2.10 bits per heavy atom. The molecule has 0 bridgehead atoms. The van der Waals surface area contributed by atoms with Crippen LogP contribution in [0.25, 0.3) is 0 Å². The first-order valence-corrected chi connectivity index (χ1v) is 9.34. The van der Waals surface area contributed by atoms with E-state index in [0.717, 1.165) is 18.8 Å². The third-order valence-electron chi connectivity index (χ3n) is 4.33. The zero-order valence-electron chi connectivity index (χ0n) is 12.7. The highest BCUT2D eigenvalue weighted by Gasteiger charge is 2.18. The molecule has 0 atom stereocenters. The first-order chi connectivity index (χ1) is 10.1. The van der Waals surface area contributed by atoms with Gasteiger partial charge >= 0.3 is 0 Å². The number of aryl methyl sites for hydroxylation is 1. The van der Waals surface area contributed by atoms with E-state index >= 15 is 0 Å². The summed E-state index contributed by atoms with van der Waals surface area (Å²) in [6.07, 6.45) is 8.84. The number of aromatic nitrogens is 1. The van der Waals surface area contributed by atoms with E-state index in [2.05, 4.69) is 4.72 Å². The van der Waals surface area contributed by atoms with Crippen molar-refractivity contribution >= 4 is 10.0 Å². The molecule has 1 heterocycles. The summed E-state index contributed by atoms with van der Waals surface area (Å²) < 4.78 is 28.9. The second-order valence-corrected chi connectivity index (χ2v) is 7.57. The minimum Gasteiger partial charge on any atom is -0.390 e. The number of rotatable bonds is 8. The zero-order valence-corrected chi connectivity index (χ0v) is 13.5. The molecule has 120 valence electrons. The SMILES string of the molecule is CCn1cc(S(=O)(=O)NCCCC2CCCC2)cc1CO. The minimum absolute atomic E-state index is 0.148. The highest BCUT2D eigenvalue weighted by molar-refractivity contribution is 7.89. The van der Waals surface area contributed by atoms with Crippen molar-refractivity contribution in [2.45, 2.75) is 63.5 Å². The fourth-order valence-corrected chi connectivity index (χ4v) is 4.22. The maximum atomic E-state index is 12.2. The van der Waals surface area contributed by atoms with Gasteiger partial charge in [-0.05, 0) is 31.7 Å². The largest absolute Gasteiger partial charge is 0.390 e. The monoisotopic (exact) mass is 314 g/mol. The molecule has 1 saturated carbocycles. The smallest absolute Gasteiger partial charge is 0.242 e. The third kappa shape index (κ3) is 4.31. The molecule has 6 heteroatoms. The predicted molar refractivity (Wildman–Crippen MR) is 82.4 cm³/mol. The van der Waals surface area contributed by atoms with E-state index in [9.17, 15) is 13.5 Å². The molecule has 0 radical (unpaired) electrons. The first-order valence-electron chi connectivity index (χ1n) is 7.86. The highest BCUT2D eigenvalue weighted by Crippen LogP contribution is 2.28. The van der Waals surface area contributed by atoms with Gasteiger partial charge in [-0.25, -0.2) is 13.1 Å². The molecule has 0 amide bonds. The lowest BCUT2D eigenvalue weighted by Gasteiger charge is -2.09. The van der Waals surface area contributed by atoms with Crippen LogP contribution in [0.2, 0.25) is 0 Å². The summed E-state index contributed by atoms with van der Waals surface area (Å²) in [5.41, 5.74) is 0.629. The van der Waals surface area contributed by atoms with Gasteiger partial charge in [0, 0.05) is 25.0 Å². The van der Waals surface area contributed by atoms with E-state index in [1.54, 1.807) is 16.8 Å². The molecule has 0 spiro atoms. The van der Waals surface area contributed by atoms with Gasteiger partial charge in [0.2, 0.25) is 10.0 Å². The van der Waals surface area contributed by atoms with Crippen LogP contribution in [-0.4, -0.2) is 24.6 Å². The number of hydrogen-bond donors (Lipinski definition) is 2. The van der Waals surface area contributed by atoms with Crippen LogP contribution < -0.4 is 4.72 Å². The van der Waals surface area contributed by atoms with Crippen LogP contribution in [0.1, 0.15) is 51.1 Å². The number of nitrogens with one attached hydrogen (secondary N) is 1. The van der Waals surface area contributed by atoms with Crippen LogP contribution in [-0.2, 0) is 23.2 Å². The first kappa shape index (κ1) is 16.5. The quantitative estimate of drug-likeness (QED) is 0.723. The number of aliphatic hydroxyl groups excluding tert-OH is 1. The summed E-state index contributed by atoms with van der Waals surface area (Å²) in [4.78, 5) is 0.245. The van der Waals surface area contributed by atoms with Gasteiger partial charge in [0.1, 0.15) is 0 Å². The zero-order chi connectivity index (χ0) is 15.3. The van der Waals surface area contributed by atoms with Gasteiger partial charge in [-0.1, -0.05) is 25.7 Å². The number of hydrogen-bond acceptors (Lipinski definition) is 3. The molecule has 1 aromatic heterocycles. The molecule has 2 rings (SSSR count). The van der Waals surface area contributed by atoms with Crippen molar-refractivity contribution in [3.05, 3.63) is 18.0 Å². The van der Waals surface area contributed by atoms with Crippen LogP contribution in [0.15, 0.2) is 17.2 Å². The van der Waals surface area contributed by atoms with Crippen molar-refractivity contribution in [2.75, 3.05) is 6.54 Å². The standard InChI is InChI=1S/C15H26N2O3S/c1-2-17-11-15(10-14(17)12-18)21(19,20)16-9-5-8-13-6-3-4-7-13/h10-11,13,16,18H,2-9,12H2,1H3. The van der Waals surface area contributed by atoms with Crippen molar-refractivity contribution in [1.29, 1.82) is 0 Å². The van der Waals surface area contributed by atoms with E-state index in [-0.39, 0.29) is 11.5 Å². The number of aliphatic hydroxyl groups is 1. The van der Waals surface area contributed by atoms with E-state index in [4.69, 9.17) is 0 Å². The third-order valence-corrected chi connectivity index (χ3v) is 5.76. The van der Waals surface area contributed by atoms with E-state index in [0.29, 0.717) is 18.8 Å². The summed E-state index contributed by atoms with van der Waals surface area (Å²) in [5, 5.41) is 9.23. The van der Waals surface area contributed by atoms with Gasteiger partial charge in [-0.15, -0.1) is 0 Å². The molecule has 1 fully saturated rings. The van der Waals surface area contributed by atoms with Crippen LogP contribution >= 0.6 is 0 Å². The van der Waals surface area contributed by atoms with Crippen molar-refractivity contribution in [3.8, 4) is 0 Å². The Bertz CT molecular complexity index is 524. The minimum atomic E-state index is -3.46. The average Bonchev–Trinajstić information content (AvgIpc) is 3.12. The van der Waals surface area contributed by atoms with Crippen LogP contribution in [0.4, 0.5) is 0 Å². The summed E-state index contributed by atoms with van der Waals surface area (Å²) in [6.45, 7) is 2.91. The average molecular weight is 314 g/mol. The van der Waals surface area contributed by atoms with Gasteiger partial charge in [-0.2, -0.15) is 0 Å². The lowest BCUT2D eigenvalue weighted by Crippen LogP contribution is -2.24. The summed E-state index contributed by atoms with van der Waals surface area (Å²) in [7, 11) is -3.46. The molecule has 1 aliphatic rings. The Kier molecular flexibility index (Phi) is 5.84. The van der Waals surface area contributed by atoms with Gasteiger partial charge in [0.25, 0.3) is 0 Å². The Labute approximate surface area is 127 Å². The molecule has 1 aliphatic carbocycles. The topological polar surface area (TPSA) is 71.3 Å². The fraction of sp³-hybridized carbons (Fsp3) is 0.733. The highest BCUT2D eigenvalue weighted by atomic mass is 32.2. The molecule has 0 unspecified atom stereocenters. The second kappa shape index (κ2) is 7.42. The molecule has 0 aliphatic heterocycles. The Balaban J connectivity index is 1.87. The predicted octanol–water partition coefficient (Wildman–Crippen LogP) is 2.25. The lowest BCUT2D eigenvalue weighted by atomic mass is 10.0. The van der Waals surface area contributed by atoms with Crippen LogP contribution in [0.5, 0.6) is 0 Å². The second-order valence-electron chi connectivity index (χ2n) is 5.80. The summed E-state index contributed by atoms with van der Waals surface area (Å²) in [5.74, 6) is 0.789. The Hall–Kier alpha value is -0.850. The molecule has 5 nitrogen and oxygen atoms in total. The number of sulfonamides is 1. The van der Waals surface area contributed by atoms with E-state index in [1.807, 2.05) is 6.92 Å². The van der Waals surface area contributed by atoms with Gasteiger partial charge in [0.15, 0.2) is 0 Å². The van der Waals surface area contributed by atoms with Gasteiger partial charge in [0.05, 0.1) is 11.5 Å². The van der Waals surface area contributed by atoms with E-state index < -0.39 is 10.0 Å². The molecule has 1 aromatic rings. The van der Waals surface area contributed by atoms with E-state index in [1.165, 1.54) is 25.7 Å². The molecule has 0 aromatic carbocycles. The maximum Gasteiger partial charge on any atom is 0.242 e. The fourth-order valence-electron chi connectivity index (χ4n) is 3.08. The van der Waals surface area contributed by atoms with Gasteiger partial charge < -0.3 is 9.67 Å². The van der Waals surface area contributed by atoms with Crippen molar-refractivity contribution < 1.29 is 13.5 Å². The van der Waals surface area contributed by atoms with Crippen molar-refractivity contribution in [1.82, 2.24) is 9.29 Å².